The summed E-state index contributed by atoms with van der Waals surface area (Å²) in [5, 5.41) is 9.47. The molecule has 1 aliphatic heterocycles. The molecule has 1 aliphatic carbocycles. The van der Waals surface area contributed by atoms with E-state index in [0.717, 1.165) is 32.4 Å². The van der Waals surface area contributed by atoms with Crippen molar-refractivity contribution in [3.63, 3.8) is 0 Å². The van der Waals surface area contributed by atoms with Crippen LogP contribution in [0.5, 0.6) is 0 Å². The van der Waals surface area contributed by atoms with Crippen LogP contribution < -0.4 is 0 Å². The zero-order chi connectivity index (χ0) is 11.8. The van der Waals surface area contributed by atoms with Crippen molar-refractivity contribution >= 4 is 5.78 Å². The van der Waals surface area contributed by atoms with Crippen LogP contribution in [0.15, 0.2) is 11.8 Å². The van der Waals surface area contributed by atoms with E-state index in [1.165, 1.54) is 5.70 Å². The van der Waals surface area contributed by atoms with Crippen molar-refractivity contribution in [2.75, 3.05) is 13.1 Å². The second-order valence-electron chi connectivity index (χ2n) is 5.84. The van der Waals surface area contributed by atoms with Crippen molar-refractivity contribution in [3.05, 3.63) is 11.8 Å². The number of hydrogen-bond donors (Lipinski definition) is 1. The summed E-state index contributed by atoms with van der Waals surface area (Å²) in [6.07, 6.45) is 4.95. The fraction of sp³-hybridized carbons (Fsp3) is 0.769. The van der Waals surface area contributed by atoms with Crippen molar-refractivity contribution in [2.24, 2.45) is 5.41 Å². The fourth-order valence-corrected chi connectivity index (χ4v) is 2.67. The van der Waals surface area contributed by atoms with E-state index in [2.05, 4.69) is 18.7 Å². The van der Waals surface area contributed by atoms with Crippen LogP contribution in [0.1, 0.15) is 39.5 Å². The van der Waals surface area contributed by atoms with Gasteiger partial charge in [-0.05, 0) is 24.7 Å². The summed E-state index contributed by atoms with van der Waals surface area (Å²) in [4.78, 5) is 13.9. The van der Waals surface area contributed by atoms with Crippen LogP contribution in [0.25, 0.3) is 0 Å². The van der Waals surface area contributed by atoms with Crippen molar-refractivity contribution < 1.29 is 9.90 Å². The van der Waals surface area contributed by atoms with Gasteiger partial charge in [0, 0.05) is 31.3 Å². The molecule has 0 atom stereocenters. The van der Waals surface area contributed by atoms with Crippen molar-refractivity contribution in [1.29, 1.82) is 0 Å². The van der Waals surface area contributed by atoms with E-state index in [1.807, 2.05) is 6.08 Å². The molecule has 2 aliphatic rings. The van der Waals surface area contributed by atoms with E-state index in [0.29, 0.717) is 6.42 Å². The first-order valence-corrected chi connectivity index (χ1v) is 6.13. The van der Waals surface area contributed by atoms with Crippen molar-refractivity contribution in [1.82, 2.24) is 4.90 Å². The summed E-state index contributed by atoms with van der Waals surface area (Å²) in [5.41, 5.74) is 1.27. The monoisotopic (exact) mass is 223 g/mol. The van der Waals surface area contributed by atoms with Crippen molar-refractivity contribution in [2.45, 2.75) is 45.6 Å². The van der Waals surface area contributed by atoms with Crippen LogP contribution in [0.3, 0.4) is 0 Å². The van der Waals surface area contributed by atoms with Gasteiger partial charge in [-0.1, -0.05) is 13.8 Å². The third-order valence-electron chi connectivity index (χ3n) is 3.51. The number of carbonyl (C=O) groups excluding carboxylic acids is 1. The van der Waals surface area contributed by atoms with Gasteiger partial charge in [-0.3, -0.25) is 4.79 Å². The minimum Gasteiger partial charge on any atom is -0.393 e. The van der Waals surface area contributed by atoms with Crippen LogP contribution in [0.4, 0.5) is 0 Å². The highest BCUT2D eigenvalue weighted by atomic mass is 16.3. The molecule has 0 aromatic carbocycles. The van der Waals surface area contributed by atoms with Gasteiger partial charge in [0.05, 0.1) is 6.10 Å². The number of piperidine rings is 1. The number of ketones is 1. The van der Waals surface area contributed by atoms with E-state index < -0.39 is 0 Å². The molecule has 16 heavy (non-hydrogen) atoms. The zero-order valence-corrected chi connectivity index (χ0v) is 10.2. The minimum absolute atomic E-state index is 0.0945. The first-order chi connectivity index (χ1) is 7.46. The van der Waals surface area contributed by atoms with Crippen LogP contribution in [0.2, 0.25) is 0 Å². The zero-order valence-electron chi connectivity index (χ0n) is 10.2. The van der Waals surface area contributed by atoms with Gasteiger partial charge >= 0.3 is 0 Å². The Hall–Kier alpha value is -0.830. The van der Waals surface area contributed by atoms with Gasteiger partial charge in [0.15, 0.2) is 5.78 Å². The molecule has 0 unspecified atom stereocenters. The van der Waals surface area contributed by atoms with Gasteiger partial charge in [-0.25, -0.2) is 0 Å². The average Bonchev–Trinajstić information content (AvgIpc) is 2.15. The maximum absolute atomic E-state index is 11.6. The Morgan fingerprint density at radius 3 is 2.50 bits per heavy atom. The van der Waals surface area contributed by atoms with E-state index >= 15 is 0 Å². The lowest BCUT2D eigenvalue weighted by Crippen LogP contribution is -2.38. The average molecular weight is 223 g/mol. The largest absolute Gasteiger partial charge is 0.393 e. The molecule has 1 N–H and O–H groups in total. The second kappa shape index (κ2) is 4.21. The molecule has 0 aromatic heterocycles. The summed E-state index contributed by atoms with van der Waals surface area (Å²) in [6.45, 7) is 6.07. The Balaban J connectivity index is 2.06. The third-order valence-corrected chi connectivity index (χ3v) is 3.51. The highest BCUT2D eigenvalue weighted by Gasteiger charge is 2.30. The summed E-state index contributed by atoms with van der Waals surface area (Å²) in [5.74, 6) is 0.248. The number of likely N-dealkylation sites (tertiary alicyclic amines) is 1. The lowest BCUT2D eigenvalue weighted by atomic mass is 9.78. The van der Waals surface area contributed by atoms with E-state index in [4.69, 9.17) is 0 Å². The topological polar surface area (TPSA) is 40.5 Å². The Labute approximate surface area is 97.1 Å². The first-order valence-electron chi connectivity index (χ1n) is 6.13. The number of hydrogen-bond acceptors (Lipinski definition) is 3. The first kappa shape index (κ1) is 11.6. The smallest absolute Gasteiger partial charge is 0.157 e. The molecular weight excluding hydrogens is 202 g/mol. The van der Waals surface area contributed by atoms with Gasteiger partial charge in [0.1, 0.15) is 0 Å². The lowest BCUT2D eigenvalue weighted by molar-refractivity contribution is -0.117. The summed E-state index contributed by atoms with van der Waals surface area (Å²) < 4.78 is 0. The highest BCUT2D eigenvalue weighted by molar-refractivity contribution is 5.91. The molecule has 0 radical (unpaired) electrons. The molecule has 1 fully saturated rings. The summed E-state index contributed by atoms with van der Waals surface area (Å²) in [6, 6.07) is 0. The maximum Gasteiger partial charge on any atom is 0.157 e. The van der Waals surface area contributed by atoms with Crippen LogP contribution in [-0.4, -0.2) is 35.0 Å². The molecular formula is C13H21NO2. The second-order valence-corrected chi connectivity index (χ2v) is 5.84. The number of allylic oxidation sites excluding steroid dienone is 2. The number of aliphatic hydroxyl groups excluding tert-OH is 1. The predicted octanol–water partition coefficient (Wildman–Crippen LogP) is 1.72. The molecule has 1 heterocycles. The molecule has 90 valence electrons. The molecule has 3 heteroatoms. The molecule has 2 rings (SSSR count). The minimum atomic E-state index is -0.149. The van der Waals surface area contributed by atoms with Crippen LogP contribution >= 0.6 is 0 Å². The molecule has 0 amide bonds. The van der Waals surface area contributed by atoms with Crippen LogP contribution in [-0.2, 0) is 4.79 Å². The van der Waals surface area contributed by atoms with Gasteiger partial charge in [-0.15, -0.1) is 0 Å². The Morgan fingerprint density at radius 2 is 1.94 bits per heavy atom. The van der Waals surface area contributed by atoms with E-state index in [1.54, 1.807) is 0 Å². The molecule has 1 saturated heterocycles. The quantitative estimate of drug-likeness (QED) is 0.736. The molecule has 0 bridgehead atoms. The number of rotatable bonds is 1. The van der Waals surface area contributed by atoms with Crippen molar-refractivity contribution in [3.8, 4) is 0 Å². The summed E-state index contributed by atoms with van der Waals surface area (Å²) >= 11 is 0. The Morgan fingerprint density at radius 1 is 1.31 bits per heavy atom. The standard InChI is InChI=1S/C13H21NO2/c1-13(2)8-10(7-12(16)9-13)14-5-3-11(15)4-6-14/h7,11,15H,3-6,8-9H2,1-2H3. The van der Waals surface area contributed by atoms with E-state index in [-0.39, 0.29) is 17.3 Å². The SMILES string of the molecule is CC1(C)CC(=O)C=C(N2CCC(O)CC2)C1. The third kappa shape index (κ3) is 2.64. The Kier molecular flexibility index (Phi) is 3.06. The van der Waals surface area contributed by atoms with Gasteiger partial charge < -0.3 is 10.0 Å². The number of aliphatic hydroxyl groups is 1. The molecule has 0 saturated carbocycles. The van der Waals surface area contributed by atoms with Gasteiger partial charge in [0.2, 0.25) is 0 Å². The summed E-state index contributed by atoms with van der Waals surface area (Å²) in [7, 11) is 0. The van der Waals surface area contributed by atoms with E-state index in [9.17, 15) is 9.90 Å². The van der Waals surface area contributed by atoms with Gasteiger partial charge in [0.25, 0.3) is 0 Å². The van der Waals surface area contributed by atoms with Crippen LogP contribution in [0, 0.1) is 5.41 Å². The maximum atomic E-state index is 11.6. The number of nitrogens with zero attached hydrogens (tertiary/aromatic N) is 1. The normalized spacial score (nSPS) is 26.8. The lowest BCUT2D eigenvalue weighted by Gasteiger charge is -2.38. The van der Waals surface area contributed by atoms with Gasteiger partial charge in [-0.2, -0.15) is 0 Å². The molecule has 0 spiro atoms. The molecule has 3 nitrogen and oxygen atoms in total. The Bertz CT molecular complexity index is 312. The fourth-order valence-electron chi connectivity index (χ4n) is 2.67. The molecule has 0 aromatic rings. The highest BCUT2D eigenvalue weighted by Crippen LogP contribution is 2.35. The number of carbonyl (C=O) groups is 1. The predicted molar refractivity (Wildman–Crippen MR) is 62.9 cm³/mol.